The van der Waals surface area contributed by atoms with Crippen LogP contribution in [0.2, 0.25) is 10.0 Å². The van der Waals surface area contributed by atoms with Crippen molar-refractivity contribution in [3.8, 4) is 5.75 Å². The predicted molar refractivity (Wildman–Crippen MR) is 64.5 cm³/mol. The fraction of sp³-hybridized carbons (Fsp3) is 0.364. The summed E-state index contributed by atoms with van der Waals surface area (Å²) in [4.78, 5) is 13.4. The molecule has 1 aliphatic heterocycles. The van der Waals surface area contributed by atoms with Crippen LogP contribution in [0.1, 0.15) is 6.92 Å². The summed E-state index contributed by atoms with van der Waals surface area (Å²) in [7, 11) is 1.70. The first kappa shape index (κ1) is 11.6. The lowest BCUT2D eigenvalue weighted by molar-refractivity contribution is -0.122. The maximum absolute atomic E-state index is 11.9. The number of halogens is 2. The van der Waals surface area contributed by atoms with Crippen LogP contribution in [0.4, 0.5) is 5.69 Å². The van der Waals surface area contributed by atoms with Crippen molar-refractivity contribution in [2.24, 2.45) is 5.92 Å². The average molecular weight is 260 g/mol. The highest BCUT2D eigenvalue weighted by Gasteiger charge is 2.26. The van der Waals surface area contributed by atoms with E-state index in [9.17, 15) is 4.79 Å². The summed E-state index contributed by atoms with van der Waals surface area (Å²) in [5, 5.41) is 0.842. The van der Waals surface area contributed by atoms with Gasteiger partial charge >= 0.3 is 0 Å². The number of amides is 1. The molecule has 0 aromatic heterocycles. The Bertz CT molecular complexity index is 448. The Labute approximate surface area is 104 Å². The quantitative estimate of drug-likeness (QED) is 0.717. The molecule has 1 aliphatic rings. The van der Waals surface area contributed by atoms with Gasteiger partial charge in [-0.15, -0.1) is 0 Å². The zero-order valence-corrected chi connectivity index (χ0v) is 10.5. The van der Waals surface area contributed by atoms with Gasteiger partial charge in [-0.25, -0.2) is 0 Å². The zero-order chi connectivity index (χ0) is 11.9. The van der Waals surface area contributed by atoms with Gasteiger partial charge in [0.25, 0.3) is 0 Å². The number of anilines is 1. The summed E-state index contributed by atoms with van der Waals surface area (Å²) in [5.74, 6) is 0.432. The van der Waals surface area contributed by atoms with Crippen LogP contribution in [0.3, 0.4) is 0 Å². The number of nitrogens with zero attached hydrogens (tertiary/aromatic N) is 1. The van der Waals surface area contributed by atoms with Crippen molar-refractivity contribution >= 4 is 34.8 Å². The number of rotatable bonds is 0. The third-order valence-corrected chi connectivity index (χ3v) is 3.33. The Morgan fingerprint density at radius 3 is 2.69 bits per heavy atom. The number of ether oxygens (including phenoxy) is 1. The molecule has 3 nitrogen and oxygen atoms in total. The summed E-state index contributed by atoms with van der Waals surface area (Å²) in [6.45, 7) is 2.18. The highest BCUT2D eigenvalue weighted by atomic mass is 35.5. The van der Waals surface area contributed by atoms with E-state index in [2.05, 4.69) is 0 Å². The molecule has 0 spiro atoms. The normalized spacial score (nSPS) is 20.1. The number of benzene rings is 1. The summed E-state index contributed by atoms with van der Waals surface area (Å²) in [5.41, 5.74) is 0.656. The zero-order valence-electron chi connectivity index (χ0n) is 8.96. The van der Waals surface area contributed by atoms with Crippen LogP contribution in [0.25, 0.3) is 0 Å². The van der Waals surface area contributed by atoms with Crippen molar-refractivity contribution in [3.63, 3.8) is 0 Å². The van der Waals surface area contributed by atoms with Crippen molar-refractivity contribution < 1.29 is 9.53 Å². The van der Waals surface area contributed by atoms with Crippen LogP contribution >= 0.6 is 23.2 Å². The summed E-state index contributed by atoms with van der Waals surface area (Å²) in [6.07, 6.45) is 0. The lowest BCUT2D eigenvalue weighted by Crippen LogP contribution is -2.31. The van der Waals surface area contributed by atoms with Crippen LogP contribution in [0.15, 0.2) is 12.1 Å². The highest BCUT2D eigenvalue weighted by Crippen LogP contribution is 2.38. The topological polar surface area (TPSA) is 29.5 Å². The second kappa shape index (κ2) is 4.15. The van der Waals surface area contributed by atoms with Crippen LogP contribution in [-0.2, 0) is 4.79 Å². The molecule has 1 amide bonds. The molecule has 0 bridgehead atoms. The Balaban J connectivity index is 2.53. The van der Waals surface area contributed by atoms with Crippen molar-refractivity contribution in [3.05, 3.63) is 22.2 Å². The molecule has 0 saturated heterocycles. The minimum absolute atomic E-state index is 0.0112. The van der Waals surface area contributed by atoms with Gasteiger partial charge in [-0.1, -0.05) is 30.1 Å². The van der Waals surface area contributed by atoms with E-state index in [4.69, 9.17) is 27.9 Å². The molecule has 0 aliphatic carbocycles. The molecule has 0 fully saturated rings. The molecule has 2 rings (SSSR count). The van der Waals surface area contributed by atoms with E-state index in [1.54, 1.807) is 24.1 Å². The van der Waals surface area contributed by atoms with Gasteiger partial charge < -0.3 is 9.64 Å². The first-order chi connectivity index (χ1) is 7.50. The van der Waals surface area contributed by atoms with Gasteiger partial charge in [0.15, 0.2) is 0 Å². The lowest BCUT2D eigenvalue weighted by atomic mass is 10.2. The number of hydrogen-bond acceptors (Lipinski definition) is 2. The first-order valence-electron chi connectivity index (χ1n) is 4.90. The standard InChI is InChI=1S/C11H11Cl2NO2/c1-6-5-16-10-4-8(13)7(12)3-9(10)14(2)11(6)15/h3-4,6H,5H2,1-2H3. The van der Waals surface area contributed by atoms with Gasteiger partial charge in [0.1, 0.15) is 5.75 Å². The molecular formula is C11H11Cl2NO2. The van der Waals surface area contributed by atoms with Gasteiger partial charge in [-0.2, -0.15) is 0 Å². The van der Waals surface area contributed by atoms with E-state index in [1.165, 1.54) is 0 Å². The van der Waals surface area contributed by atoms with Crippen molar-refractivity contribution in [2.45, 2.75) is 6.92 Å². The van der Waals surface area contributed by atoms with Crippen molar-refractivity contribution in [1.82, 2.24) is 0 Å². The minimum Gasteiger partial charge on any atom is -0.491 e. The largest absolute Gasteiger partial charge is 0.491 e. The van der Waals surface area contributed by atoms with Gasteiger partial charge in [0.05, 0.1) is 28.3 Å². The maximum Gasteiger partial charge on any atom is 0.233 e. The first-order valence-corrected chi connectivity index (χ1v) is 5.65. The molecule has 1 aromatic carbocycles. The second-order valence-electron chi connectivity index (χ2n) is 3.84. The predicted octanol–water partition coefficient (Wildman–Crippen LogP) is 2.98. The van der Waals surface area contributed by atoms with Crippen LogP contribution in [0, 0.1) is 5.92 Å². The van der Waals surface area contributed by atoms with Gasteiger partial charge in [0, 0.05) is 13.1 Å². The fourth-order valence-corrected chi connectivity index (χ4v) is 1.94. The summed E-state index contributed by atoms with van der Waals surface area (Å²) in [6, 6.07) is 3.29. The molecule has 5 heteroatoms. The molecule has 0 saturated carbocycles. The van der Waals surface area contributed by atoms with Gasteiger partial charge in [-0.05, 0) is 6.07 Å². The maximum atomic E-state index is 11.9. The Kier molecular flexibility index (Phi) is 3.00. The van der Waals surface area contributed by atoms with Crippen LogP contribution < -0.4 is 9.64 Å². The molecule has 0 N–H and O–H groups in total. The SMILES string of the molecule is CC1COc2cc(Cl)c(Cl)cc2N(C)C1=O. The molecular weight excluding hydrogens is 249 g/mol. The monoisotopic (exact) mass is 259 g/mol. The molecule has 86 valence electrons. The molecule has 16 heavy (non-hydrogen) atoms. The Hall–Kier alpha value is -0.930. The molecule has 1 heterocycles. The Morgan fingerprint density at radius 1 is 1.38 bits per heavy atom. The molecule has 0 radical (unpaired) electrons. The highest BCUT2D eigenvalue weighted by molar-refractivity contribution is 6.42. The number of hydrogen-bond donors (Lipinski definition) is 0. The van der Waals surface area contributed by atoms with E-state index in [0.717, 1.165) is 0 Å². The Morgan fingerprint density at radius 2 is 2.00 bits per heavy atom. The van der Waals surface area contributed by atoms with E-state index in [1.807, 2.05) is 6.92 Å². The number of carbonyl (C=O) groups is 1. The third-order valence-electron chi connectivity index (χ3n) is 2.60. The van der Waals surface area contributed by atoms with Gasteiger partial charge in [0.2, 0.25) is 5.91 Å². The van der Waals surface area contributed by atoms with Crippen LogP contribution in [-0.4, -0.2) is 19.6 Å². The van der Waals surface area contributed by atoms with Crippen LogP contribution in [0.5, 0.6) is 5.75 Å². The number of fused-ring (bicyclic) bond motifs is 1. The van der Waals surface area contributed by atoms with Gasteiger partial charge in [-0.3, -0.25) is 4.79 Å². The lowest BCUT2D eigenvalue weighted by Gasteiger charge is -2.18. The van der Waals surface area contributed by atoms with E-state index < -0.39 is 0 Å². The number of carbonyl (C=O) groups excluding carboxylic acids is 1. The van der Waals surface area contributed by atoms with Crippen molar-refractivity contribution in [2.75, 3.05) is 18.6 Å². The summed E-state index contributed by atoms with van der Waals surface area (Å²) >= 11 is 11.8. The van der Waals surface area contributed by atoms with E-state index >= 15 is 0 Å². The fourth-order valence-electron chi connectivity index (χ4n) is 1.63. The molecule has 1 aromatic rings. The van der Waals surface area contributed by atoms with E-state index in [-0.39, 0.29) is 11.8 Å². The van der Waals surface area contributed by atoms with E-state index in [0.29, 0.717) is 28.1 Å². The smallest absolute Gasteiger partial charge is 0.233 e. The molecule has 1 atom stereocenters. The average Bonchev–Trinajstić information content (AvgIpc) is 2.35. The minimum atomic E-state index is -0.171. The third kappa shape index (κ3) is 1.85. The second-order valence-corrected chi connectivity index (χ2v) is 4.66. The van der Waals surface area contributed by atoms with Crippen molar-refractivity contribution in [1.29, 1.82) is 0 Å². The molecule has 1 unspecified atom stereocenters. The summed E-state index contributed by atoms with van der Waals surface area (Å²) < 4.78 is 5.53.